The average molecular weight is 162 g/mol. The summed E-state index contributed by atoms with van der Waals surface area (Å²) in [7, 11) is 0. The van der Waals surface area contributed by atoms with Crippen molar-refractivity contribution in [1.29, 1.82) is 0 Å². The number of hydrogen-bond acceptors (Lipinski definition) is 1. The summed E-state index contributed by atoms with van der Waals surface area (Å²) in [5, 5.41) is 3.20. The first-order chi connectivity index (χ1) is 4.77. The average Bonchev–Trinajstić information content (AvgIpc) is 1.85. The van der Waals surface area contributed by atoms with Gasteiger partial charge in [0.2, 0.25) is 0 Å². The van der Waals surface area contributed by atoms with E-state index < -0.39 is 0 Å². The maximum Gasteiger partial charge on any atom is 0.0694 e. The van der Waals surface area contributed by atoms with Gasteiger partial charge in [-0.2, -0.15) is 0 Å². The fourth-order valence-corrected chi connectivity index (χ4v) is 1.59. The Morgan fingerprint density at radius 3 is 2.50 bits per heavy atom. The third kappa shape index (κ3) is 2.14. The normalized spacial score (nSPS) is 22.2. The topological polar surface area (TPSA) is 12.0 Å². The minimum Gasteiger partial charge on any atom is -0.313 e. The zero-order valence-corrected chi connectivity index (χ0v) is 7.38. The molecule has 1 saturated heterocycles. The number of rotatable bonds is 4. The Morgan fingerprint density at radius 1 is 1.40 bits per heavy atom. The lowest BCUT2D eigenvalue weighted by Gasteiger charge is -2.36. The molecule has 1 N–H and O–H groups in total. The SMILES string of the molecule is CCCCCC1(Cl)CNC1. The monoisotopic (exact) mass is 161 g/mol. The van der Waals surface area contributed by atoms with Crippen molar-refractivity contribution in [1.82, 2.24) is 5.32 Å². The third-order valence-corrected chi connectivity index (χ3v) is 2.57. The number of unbranched alkanes of at least 4 members (excludes halogenated alkanes) is 2. The summed E-state index contributed by atoms with van der Waals surface area (Å²) in [4.78, 5) is 0.134. The van der Waals surface area contributed by atoms with E-state index in [2.05, 4.69) is 12.2 Å². The van der Waals surface area contributed by atoms with E-state index in [1.807, 2.05) is 0 Å². The highest BCUT2D eigenvalue weighted by Crippen LogP contribution is 2.26. The van der Waals surface area contributed by atoms with Crippen molar-refractivity contribution in [3.8, 4) is 0 Å². The molecular weight excluding hydrogens is 146 g/mol. The summed E-state index contributed by atoms with van der Waals surface area (Å²) in [5.41, 5.74) is 0. The summed E-state index contributed by atoms with van der Waals surface area (Å²) in [6.07, 6.45) is 5.10. The first kappa shape index (κ1) is 8.35. The van der Waals surface area contributed by atoms with Crippen LogP contribution in [0.5, 0.6) is 0 Å². The highest BCUT2D eigenvalue weighted by molar-refractivity contribution is 6.25. The minimum atomic E-state index is 0.134. The quantitative estimate of drug-likeness (QED) is 0.492. The van der Waals surface area contributed by atoms with Crippen LogP contribution in [-0.4, -0.2) is 18.0 Å². The van der Waals surface area contributed by atoms with E-state index in [0.29, 0.717) is 0 Å². The van der Waals surface area contributed by atoms with E-state index in [1.165, 1.54) is 25.7 Å². The summed E-state index contributed by atoms with van der Waals surface area (Å²) in [5.74, 6) is 0. The van der Waals surface area contributed by atoms with Crippen molar-refractivity contribution in [2.24, 2.45) is 0 Å². The van der Waals surface area contributed by atoms with Gasteiger partial charge in [0.15, 0.2) is 0 Å². The van der Waals surface area contributed by atoms with Gasteiger partial charge < -0.3 is 5.32 Å². The zero-order valence-electron chi connectivity index (χ0n) is 6.62. The Hall–Kier alpha value is 0.250. The molecule has 0 aromatic carbocycles. The molecule has 0 aromatic heterocycles. The third-order valence-electron chi connectivity index (χ3n) is 2.11. The van der Waals surface area contributed by atoms with Gasteiger partial charge in [-0.05, 0) is 6.42 Å². The summed E-state index contributed by atoms with van der Waals surface area (Å²) in [6.45, 7) is 4.25. The van der Waals surface area contributed by atoms with Crippen LogP contribution in [0.4, 0.5) is 0 Å². The van der Waals surface area contributed by atoms with Gasteiger partial charge in [-0.3, -0.25) is 0 Å². The van der Waals surface area contributed by atoms with Crippen LogP contribution in [0.1, 0.15) is 32.6 Å². The van der Waals surface area contributed by atoms with E-state index in [-0.39, 0.29) is 4.87 Å². The van der Waals surface area contributed by atoms with E-state index in [0.717, 1.165) is 13.1 Å². The molecule has 0 aromatic rings. The van der Waals surface area contributed by atoms with Crippen LogP contribution >= 0.6 is 11.6 Å². The molecule has 1 heterocycles. The fourth-order valence-electron chi connectivity index (χ4n) is 1.26. The molecule has 0 amide bonds. The Labute approximate surface area is 68.1 Å². The van der Waals surface area contributed by atoms with Crippen LogP contribution in [0, 0.1) is 0 Å². The molecule has 2 heteroatoms. The van der Waals surface area contributed by atoms with Crippen molar-refractivity contribution in [2.75, 3.05) is 13.1 Å². The smallest absolute Gasteiger partial charge is 0.0694 e. The minimum absolute atomic E-state index is 0.134. The molecule has 0 atom stereocenters. The molecule has 0 unspecified atom stereocenters. The summed E-state index contributed by atoms with van der Waals surface area (Å²) >= 11 is 6.18. The molecule has 1 aliphatic rings. The number of alkyl halides is 1. The molecule has 1 rings (SSSR count). The van der Waals surface area contributed by atoms with Gasteiger partial charge >= 0.3 is 0 Å². The molecule has 1 aliphatic heterocycles. The highest BCUT2D eigenvalue weighted by atomic mass is 35.5. The van der Waals surface area contributed by atoms with E-state index in [1.54, 1.807) is 0 Å². The van der Waals surface area contributed by atoms with E-state index in [9.17, 15) is 0 Å². The van der Waals surface area contributed by atoms with Crippen LogP contribution in [-0.2, 0) is 0 Å². The predicted molar refractivity (Wildman–Crippen MR) is 45.6 cm³/mol. The van der Waals surface area contributed by atoms with Gasteiger partial charge in [0.05, 0.1) is 4.87 Å². The molecule has 0 aliphatic carbocycles. The van der Waals surface area contributed by atoms with Gasteiger partial charge in [0.25, 0.3) is 0 Å². The lowest BCUT2D eigenvalue weighted by molar-refractivity contribution is 0.351. The molecule has 1 fully saturated rings. The Balaban J connectivity index is 2.01. The predicted octanol–water partition coefficient (Wildman–Crippen LogP) is 2.15. The maximum atomic E-state index is 6.18. The van der Waals surface area contributed by atoms with Crippen LogP contribution in [0.3, 0.4) is 0 Å². The second-order valence-electron chi connectivity index (χ2n) is 3.21. The van der Waals surface area contributed by atoms with Crippen molar-refractivity contribution in [2.45, 2.75) is 37.5 Å². The maximum absolute atomic E-state index is 6.18. The fraction of sp³-hybridized carbons (Fsp3) is 1.00. The van der Waals surface area contributed by atoms with E-state index >= 15 is 0 Å². The summed E-state index contributed by atoms with van der Waals surface area (Å²) in [6, 6.07) is 0. The van der Waals surface area contributed by atoms with Gasteiger partial charge in [-0.1, -0.05) is 26.2 Å². The van der Waals surface area contributed by atoms with Gasteiger partial charge in [0.1, 0.15) is 0 Å². The van der Waals surface area contributed by atoms with Crippen LogP contribution in [0.25, 0.3) is 0 Å². The van der Waals surface area contributed by atoms with Gasteiger partial charge in [0, 0.05) is 13.1 Å². The molecule has 10 heavy (non-hydrogen) atoms. The van der Waals surface area contributed by atoms with E-state index in [4.69, 9.17) is 11.6 Å². The van der Waals surface area contributed by atoms with Crippen LogP contribution in [0.2, 0.25) is 0 Å². The lowest BCUT2D eigenvalue weighted by atomic mass is 9.95. The molecule has 0 saturated carbocycles. The van der Waals surface area contributed by atoms with Crippen LogP contribution < -0.4 is 5.32 Å². The molecule has 60 valence electrons. The largest absolute Gasteiger partial charge is 0.313 e. The van der Waals surface area contributed by atoms with Crippen molar-refractivity contribution >= 4 is 11.6 Å². The molecular formula is C8H16ClN. The first-order valence-electron chi connectivity index (χ1n) is 4.16. The second-order valence-corrected chi connectivity index (χ2v) is 4.01. The van der Waals surface area contributed by atoms with Crippen molar-refractivity contribution in [3.63, 3.8) is 0 Å². The highest BCUT2D eigenvalue weighted by Gasteiger charge is 2.33. The van der Waals surface area contributed by atoms with Crippen molar-refractivity contribution < 1.29 is 0 Å². The molecule has 0 radical (unpaired) electrons. The van der Waals surface area contributed by atoms with Crippen molar-refractivity contribution in [3.05, 3.63) is 0 Å². The number of hydrogen-bond donors (Lipinski definition) is 1. The number of nitrogens with one attached hydrogen (secondary N) is 1. The molecule has 0 spiro atoms. The Morgan fingerprint density at radius 2 is 2.10 bits per heavy atom. The van der Waals surface area contributed by atoms with Crippen LogP contribution in [0.15, 0.2) is 0 Å². The van der Waals surface area contributed by atoms with Gasteiger partial charge in [-0.15, -0.1) is 11.6 Å². The Kier molecular flexibility index (Phi) is 2.99. The first-order valence-corrected chi connectivity index (χ1v) is 4.54. The standard InChI is InChI=1S/C8H16ClN/c1-2-3-4-5-8(9)6-10-7-8/h10H,2-7H2,1H3. The second kappa shape index (κ2) is 3.59. The number of halogens is 1. The molecule has 0 bridgehead atoms. The van der Waals surface area contributed by atoms with Gasteiger partial charge in [-0.25, -0.2) is 0 Å². The zero-order chi connectivity index (χ0) is 7.45. The molecule has 1 nitrogen and oxygen atoms in total. The Bertz CT molecular complexity index is 99.4. The summed E-state index contributed by atoms with van der Waals surface area (Å²) < 4.78 is 0. The lowest BCUT2D eigenvalue weighted by Crippen LogP contribution is -2.55.